The number of halogens is 1. The van der Waals surface area contributed by atoms with Gasteiger partial charge in [-0.05, 0) is 43.5 Å². The lowest BCUT2D eigenvalue weighted by Crippen LogP contribution is -2.20. The Balaban J connectivity index is 2.36. The Morgan fingerprint density at radius 1 is 1.08 bits per heavy atom. The van der Waals surface area contributed by atoms with Crippen LogP contribution >= 0.6 is 11.6 Å². The van der Waals surface area contributed by atoms with E-state index < -0.39 is 0 Å². The van der Waals surface area contributed by atoms with Gasteiger partial charge >= 0.3 is 0 Å². The average Bonchev–Trinajstić information content (AvgIpc) is 2.70. The molecule has 0 fully saturated rings. The van der Waals surface area contributed by atoms with E-state index in [9.17, 15) is 0 Å². The number of nitrogens with zero attached hydrogens (tertiary/aromatic N) is 2. The Hall–Kier alpha value is -2.01. The highest BCUT2D eigenvalue weighted by molar-refractivity contribution is 6.18. The summed E-state index contributed by atoms with van der Waals surface area (Å²) in [6.45, 7) is 6.90. The van der Waals surface area contributed by atoms with Crippen LogP contribution in [0.2, 0.25) is 0 Å². The molecule has 26 heavy (non-hydrogen) atoms. The highest BCUT2D eigenvalue weighted by atomic mass is 35.5. The molecule has 0 aliphatic heterocycles. The number of hydrogen-bond acceptors (Lipinski definition) is 5. The summed E-state index contributed by atoms with van der Waals surface area (Å²) in [7, 11) is 1.62. The van der Waals surface area contributed by atoms with Gasteiger partial charge in [-0.25, -0.2) is 4.98 Å². The number of anilines is 1. The molecule has 1 aromatic heterocycles. The SMILES string of the molecule is CCc1nc(-c2ccc(OCCCl)cc2)c(OC)nc1NC(CC)CC. The second-order valence-corrected chi connectivity index (χ2v) is 6.33. The molecule has 0 aliphatic rings. The first-order valence-electron chi connectivity index (χ1n) is 9.17. The summed E-state index contributed by atoms with van der Waals surface area (Å²) in [4.78, 5) is 9.54. The highest BCUT2D eigenvalue weighted by Crippen LogP contribution is 2.31. The molecule has 1 aromatic carbocycles. The maximum Gasteiger partial charge on any atom is 0.242 e. The van der Waals surface area contributed by atoms with E-state index in [4.69, 9.17) is 31.0 Å². The van der Waals surface area contributed by atoms with Crippen LogP contribution in [0.4, 0.5) is 5.82 Å². The molecule has 0 aliphatic carbocycles. The fourth-order valence-corrected chi connectivity index (χ4v) is 2.78. The van der Waals surface area contributed by atoms with Crippen LogP contribution in [0.3, 0.4) is 0 Å². The summed E-state index contributed by atoms with van der Waals surface area (Å²) in [6.07, 6.45) is 2.87. The molecule has 0 spiro atoms. The molecular weight excluding hydrogens is 350 g/mol. The van der Waals surface area contributed by atoms with Crippen LogP contribution in [0.25, 0.3) is 11.3 Å². The molecule has 2 aromatic rings. The smallest absolute Gasteiger partial charge is 0.242 e. The Bertz CT molecular complexity index is 688. The number of benzene rings is 1. The van der Waals surface area contributed by atoms with Gasteiger partial charge in [-0.3, -0.25) is 0 Å². The normalized spacial score (nSPS) is 10.8. The monoisotopic (exact) mass is 377 g/mol. The van der Waals surface area contributed by atoms with E-state index in [2.05, 4.69) is 26.1 Å². The van der Waals surface area contributed by atoms with Crippen LogP contribution in [-0.4, -0.2) is 35.6 Å². The molecule has 6 heteroatoms. The Morgan fingerprint density at radius 3 is 2.31 bits per heavy atom. The van der Waals surface area contributed by atoms with E-state index in [1.165, 1.54) is 0 Å². The van der Waals surface area contributed by atoms with Crippen molar-refractivity contribution in [1.29, 1.82) is 0 Å². The van der Waals surface area contributed by atoms with Crippen molar-refractivity contribution in [2.24, 2.45) is 0 Å². The molecule has 5 nitrogen and oxygen atoms in total. The lowest BCUT2D eigenvalue weighted by atomic mass is 10.1. The quantitative estimate of drug-likeness (QED) is 0.595. The number of rotatable bonds is 10. The Labute approximate surface area is 161 Å². The zero-order valence-corrected chi connectivity index (χ0v) is 16.8. The van der Waals surface area contributed by atoms with Crippen molar-refractivity contribution in [2.75, 3.05) is 24.9 Å². The summed E-state index contributed by atoms with van der Waals surface area (Å²) in [6, 6.07) is 8.12. The molecule has 0 atom stereocenters. The van der Waals surface area contributed by atoms with E-state index in [0.717, 1.165) is 47.8 Å². The Morgan fingerprint density at radius 2 is 1.77 bits per heavy atom. The van der Waals surface area contributed by atoms with Gasteiger partial charge in [-0.15, -0.1) is 11.6 Å². The third kappa shape index (κ3) is 5.01. The van der Waals surface area contributed by atoms with E-state index in [1.807, 2.05) is 24.3 Å². The van der Waals surface area contributed by atoms with Crippen molar-refractivity contribution in [3.63, 3.8) is 0 Å². The molecule has 0 unspecified atom stereocenters. The molecule has 0 saturated heterocycles. The number of aryl methyl sites for hydroxylation is 1. The molecule has 0 amide bonds. The van der Waals surface area contributed by atoms with Crippen LogP contribution < -0.4 is 14.8 Å². The van der Waals surface area contributed by atoms with E-state index >= 15 is 0 Å². The first-order valence-corrected chi connectivity index (χ1v) is 9.70. The third-order valence-electron chi connectivity index (χ3n) is 4.26. The van der Waals surface area contributed by atoms with Crippen LogP contribution in [0.15, 0.2) is 24.3 Å². The number of hydrogen-bond donors (Lipinski definition) is 1. The first kappa shape index (κ1) is 20.3. The number of alkyl halides is 1. The third-order valence-corrected chi connectivity index (χ3v) is 4.42. The number of aromatic nitrogens is 2. The lowest BCUT2D eigenvalue weighted by Gasteiger charge is -2.19. The largest absolute Gasteiger partial charge is 0.492 e. The molecule has 0 saturated carbocycles. The van der Waals surface area contributed by atoms with E-state index in [1.54, 1.807) is 7.11 Å². The number of methoxy groups -OCH3 is 1. The van der Waals surface area contributed by atoms with Crippen LogP contribution in [0.1, 0.15) is 39.3 Å². The summed E-state index contributed by atoms with van der Waals surface area (Å²) < 4.78 is 11.0. The fourth-order valence-electron chi connectivity index (χ4n) is 2.70. The molecule has 1 N–H and O–H groups in total. The average molecular weight is 378 g/mol. The highest BCUT2D eigenvalue weighted by Gasteiger charge is 2.17. The minimum Gasteiger partial charge on any atom is -0.492 e. The molecule has 0 radical (unpaired) electrons. The minimum atomic E-state index is 0.378. The van der Waals surface area contributed by atoms with Crippen molar-refractivity contribution in [1.82, 2.24) is 9.97 Å². The standard InChI is InChI=1S/C20H28ClN3O2/c1-5-15(6-2)22-19-17(7-3)23-18(20(24-19)25-4)14-8-10-16(11-9-14)26-13-12-21/h8-11,15H,5-7,12-13H2,1-4H3,(H,22,24). The lowest BCUT2D eigenvalue weighted by molar-refractivity contribution is 0.343. The zero-order valence-electron chi connectivity index (χ0n) is 16.0. The molecule has 2 rings (SSSR count). The van der Waals surface area contributed by atoms with Gasteiger partial charge in [0.25, 0.3) is 0 Å². The predicted octanol–water partition coefficient (Wildman–Crippen LogP) is 4.93. The van der Waals surface area contributed by atoms with Crippen molar-refractivity contribution in [2.45, 2.75) is 46.1 Å². The second kappa shape index (κ2) is 10.2. The first-order chi connectivity index (χ1) is 12.7. The fraction of sp³-hybridized carbons (Fsp3) is 0.500. The second-order valence-electron chi connectivity index (χ2n) is 5.95. The summed E-state index contributed by atoms with van der Waals surface area (Å²) in [5, 5.41) is 3.50. The van der Waals surface area contributed by atoms with Crippen molar-refractivity contribution in [3.05, 3.63) is 30.0 Å². The molecule has 142 valence electrons. The predicted molar refractivity (Wildman–Crippen MR) is 108 cm³/mol. The van der Waals surface area contributed by atoms with E-state index in [0.29, 0.717) is 24.4 Å². The topological polar surface area (TPSA) is 56.3 Å². The van der Waals surface area contributed by atoms with Gasteiger partial charge in [0.15, 0.2) is 5.82 Å². The molecule has 1 heterocycles. The van der Waals surface area contributed by atoms with Gasteiger partial charge in [-0.1, -0.05) is 20.8 Å². The van der Waals surface area contributed by atoms with Gasteiger partial charge in [-0.2, -0.15) is 4.98 Å². The molecule has 0 bridgehead atoms. The van der Waals surface area contributed by atoms with Crippen molar-refractivity contribution < 1.29 is 9.47 Å². The zero-order chi connectivity index (χ0) is 18.9. The van der Waals surface area contributed by atoms with Gasteiger partial charge < -0.3 is 14.8 Å². The van der Waals surface area contributed by atoms with Gasteiger partial charge in [0, 0.05) is 11.6 Å². The van der Waals surface area contributed by atoms with Gasteiger partial charge in [0.1, 0.15) is 18.1 Å². The number of ether oxygens (including phenoxy) is 2. The number of nitrogens with one attached hydrogen (secondary N) is 1. The van der Waals surface area contributed by atoms with Crippen LogP contribution in [0.5, 0.6) is 11.6 Å². The maximum absolute atomic E-state index is 5.66. The van der Waals surface area contributed by atoms with Crippen molar-refractivity contribution >= 4 is 17.4 Å². The summed E-state index contributed by atoms with van der Waals surface area (Å²) >= 11 is 5.66. The summed E-state index contributed by atoms with van der Waals surface area (Å²) in [5.74, 6) is 2.57. The van der Waals surface area contributed by atoms with Gasteiger partial charge in [0.05, 0.1) is 18.7 Å². The van der Waals surface area contributed by atoms with Gasteiger partial charge in [0.2, 0.25) is 5.88 Å². The summed E-state index contributed by atoms with van der Waals surface area (Å²) in [5.41, 5.74) is 2.62. The maximum atomic E-state index is 5.66. The van der Waals surface area contributed by atoms with Crippen molar-refractivity contribution in [3.8, 4) is 22.9 Å². The Kier molecular flexibility index (Phi) is 7.98. The molecular formula is C20H28ClN3O2. The van der Waals surface area contributed by atoms with Crippen LogP contribution in [0, 0.1) is 0 Å². The van der Waals surface area contributed by atoms with E-state index in [-0.39, 0.29) is 0 Å². The van der Waals surface area contributed by atoms with Crippen LogP contribution in [-0.2, 0) is 6.42 Å². The minimum absolute atomic E-state index is 0.378.